The number of carbonyl (C=O) groups is 1. The van der Waals surface area contributed by atoms with Gasteiger partial charge in [0.25, 0.3) is 0 Å². The van der Waals surface area contributed by atoms with Crippen LogP contribution in [0.5, 0.6) is 0 Å². The number of amides is 1. The number of nitrogens with one attached hydrogen (secondary N) is 1. The Bertz CT molecular complexity index is 151. The maximum absolute atomic E-state index is 11.0. The van der Waals surface area contributed by atoms with E-state index in [2.05, 4.69) is 5.43 Å². The number of hydrazine groups is 1. The van der Waals surface area contributed by atoms with Crippen molar-refractivity contribution in [2.75, 3.05) is 0 Å². The molecule has 0 aromatic heterocycles. The predicted octanol–water partition coefficient (Wildman–Crippen LogP) is 1.73. The van der Waals surface area contributed by atoms with Gasteiger partial charge in [-0.3, -0.25) is 10.2 Å². The second-order valence-electron chi connectivity index (χ2n) is 3.98. The van der Waals surface area contributed by atoms with Gasteiger partial charge in [-0.25, -0.2) is 5.84 Å². The highest BCUT2D eigenvalue weighted by Crippen LogP contribution is 2.24. The van der Waals surface area contributed by atoms with Crippen molar-refractivity contribution in [3.05, 3.63) is 0 Å². The van der Waals surface area contributed by atoms with Gasteiger partial charge in [0.2, 0.25) is 5.91 Å². The summed E-state index contributed by atoms with van der Waals surface area (Å²) in [5, 5.41) is 0. The fraction of sp³-hybridized carbons (Fsp3) is 0.900. The highest BCUT2D eigenvalue weighted by molar-refractivity contribution is 5.75. The first-order valence-electron chi connectivity index (χ1n) is 5.32. The Balaban J connectivity index is 2.25. The molecule has 1 aliphatic rings. The van der Waals surface area contributed by atoms with Crippen LogP contribution in [0.2, 0.25) is 0 Å². The van der Waals surface area contributed by atoms with E-state index in [1.54, 1.807) is 0 Å². The molecule has 76 valence electrons. The standard InChI is InChI=1S/C10H20N2O/c11-12-10(13)8-9-6-4-2-1-3-5-7-9/h9H,1-8,11H2,(H,12,13). The third-order valence-electron chi connectivity index (χ3n) is 2.86. The molecule has 0 unspecified atom stereocenters. The lowest BCUT2D eigenvalue weighted by Crippen LogP contribution is -2.31. The molecule has 0 heterocycles. The summed E-state index contributed by atoms with van der Waals surface area (Å²) < 4.78 is 0. The van der Waals surface area contributed by atoms with E-state index < -0.39 is 0 Å². The summed E-state index contributed by atoms with van der Waals surface area (Å²) in [6.07, 6.45) is 9.62. The summed E-state index contributed by atoms with van der Waals surface area (Å²) in [6, 6.07) is 0. The van der Waals surface area contributed by atoms with Crippen molar-refractivity contribution < 1.29 is 4.79 Å². The number of nitrogens with two attached hydrogens (primary N) is 1. The number of carbonyl (C=O) groups excluding carboxylic acids is 1. The molecule has 3 nitrogen and oxygen atoms in total. The van der Waals surface area contributed by atoms with Gasteiger partial charge in [0.1, 0.15) is 0 Å². The third kappa shape index (κ3) is 4.27. The lowest BCUT2D eigenvalue weighted by molar-refractivity contribution is -0.122. The van der Waals surface area contributed by atoms with Gasteiger partial charge >= 0.3 is 0 Å². The summed E-state index contributed by atoms with van der Waals surface area (Å²) in [4.78, 5) is 11.0. The highest BCUT2D eigenvalue weighted by Gasteiger charge is 2.14. The van der Waals surface area contributed by atoms with E-state index in [4.69, 9.17) is 5.84 Å². The smallest absolute Gasteiger partial charge is 0.234 e. The number of hydrogen-bond donors (Lipinski definition) is 2. The Morgan fingerprint density at radius 1 is 1.15 bits per heavy atom. The predicted molar refractivity (Wildman–Crippen MR) is 52.8 cm³/mol. The molecule has 1 saturated carbocycles. The van der Waals surface area contributed by atoms with Gasteiger partial charge in [0, 0.05) is 6.42 Å². The second-order valence-corrected chi connectivity index (χ2v) is 3.98. The Morgan fingerprint density at radius 3 is 2.23 bits per heavy atom. The van der Waals surface area contributed by atoms with Crippen LogP contribution in [0.4, 0.5) is 0 Å². The Labute approximate surface area is 80.0 Å². The molecule has 0 aromatic carbocycles. The molecule has 0 saturated heterocycles. The maximum Gasteiger partial charge on any atom is 0.234 e. The molecule has 0 spiro atoms. The first kappa shape index (κ1) is 10.5. The first-order valence-corrected chi connectivity index (χ1v) is 5.32. The number of rotatable bonds is 2. The fourth-order valence-electron chi connectivity index (χ4n) is 2.07. The quantitative estimate of drug-likeness (QED) is 0.390. The Kier molecular flexibility index (Phi) is 4.83. The van der Waals surface area contributed by atoms with Crippen molar-refractivity contribution in [1.82, 2.24) is 5.43 Å². The van der Waals surface area contributed by atoms with Gasteiger partial charge in [0.05, 0.1) is 0 Å². The van der Waals surface area contributed by atoms with Gasteiger partial charge in [-0.05, 0) is 18.8 Å². The third-order valence-corrected chi connectivity index (χ3v) is 2.86. The molecule has 0 radical (unpaired) electrons. The van der Waals surface area contributed by atoms with E-state index in [0.29, 0.717) is 12.3 Å². The molecular formula is C10H20N2O. The maximum atomic E-state index is 11.0. The van der Waals surface area contributed by atoms with Gasteiger partial charge in [-0.1, -0.05) is 32.1 Å². The average Bonchev–Trinajstić information content (AvgIpc) is 2.09. The van der Waals surface area contributed by atoms with Crippen LogP contribution in [-0.4, -0.2) is 5.91 Å². The zero-order valence-corrected chi connectivity index (χ0v) is 8.22. The van der Waals surface area contributed by atoms with E-state index in [1.165, 1.54) is 44.9 Å². The molecule has 13 heavy (non-hydrogen) atoms. The molecule has 3 heteroatoms. The second kappa shape index (κ2) is 5.97. The Hall–Kier alpha value is -0.570. The monoisotopic (exact) mass is 184 g/mol. The van der Waals surface area contributed by atoms with Crippen LogP contribution in [-0.2, 0) is 4.79 Å². The van der Waals surface area contributed by atoms with Crippen LogP contribution >= 0.6 is 0 Å². The largest absolute Gasteiger partial charge is 0.294 e. The first-order chi connectivity index (χ1) is 6.33. The van der Waals surface area contributed by atoms with E-state index in [1.807, 2.05) is 0 Å². The van der Waals surface area contributed by atoms with Crippen LogP contribution in [0.25, 0.3) is 0 Å². The van der Waals surface area contributed by atoms with Crippen molar-refractivity contribution in [2.45, 2.75) is 51.4 Å². The van der Waals surface area contributed by atoms with Crippen molar-refractivity contribution in [2.24, 2.45) is 11.8 Å². The molecule has 0 aromatic rings. The topological polar surface area (TPSA) is 55.1 Å². The normalized spacial score (nSPS) is 20.4. The summed E-state index contributed by atoms with van der Waals surface area (Å²) in [7, 11) is 0. The van der Waals surface area contributed by atoms with Gasteiger partial charge in [0.15, 0.2) is 0 Å². The molecule has 0 bridgehead atoms. The van der Waals surface area contributed by atoms with Crippen molar-refractivity contribution in [3.8, 4) is 0 Å². The molecule has 1 amide bonds. The summed E-state index contributed by atoms with van der Waals surface area (Å²) in [5.41, 5.74) is 2.21. The highest BCUT2D eigenvalue weighted by atomic mass is 16.2. The van der Waals surface area contributed by atoms with Gasteiger partial charge < -0.3 is 0 Å². The van der Waals surface area contributed by atoms with Crippen molar-refractivity contribution in [1.29, 1.82) is 0 Å². The lowest BCUT2D eigenvalue weighted by atomic mass is 9.89. The molecule has 3 N–H and O–H groups in total. The van der Waals surface area contributed by atoms with Crippen LogP contribution in [0.3, 0.4) is 0 Å². The van der Waals surface area contributed by atoms with Crippen molar-refractivity contribution in [3.63, 3.8) is 0 Å². The molecule has 1 fully saturated rings. The molecule has 0 atom stereocenters. The van der Waals surface area contributed by atoms with Crippen LogP contribution in [0.1, 0.15) is 51.4 Å². The van der Waals surface area contributed by atoms with Gasteiger partial charge in [-0.15, -0.1) is 0 Å². The van der Waals surface area contributed by atoms with Crippen LogP contribution < -0.4 is 11.3 Å². The summed E-state index contributed by atoms with van der Waals surface area (Å²) in [5.74, 6) is 5.62. The van der Waals surface area contributed by atoms with E-state index >= 15 is 0 Å². The van der Waals surface area contributed by atoms with Gasteiger partial charge in [-0.2, -0.15) is 0 Å². The minimum Gasteiger partial charge on any atom is -0.294 e. The fourth-order valence-corrected chi connectivity index (χ4v) is 2.07. The summed E-state index contributed by atoms with van der Waals surface area (Å²) in [6.45, 7) is 0. The van der Waals surface area contributed by atoms with E-state index in [-0.39, 0.29) is 5.91 Å². The molecule has 1 aliphatic carbocycles. The minimum atomic E-state index is -0.00873. The SMILES string of the molecule is NNC(=O)CC1CCCCCCC1. The average molecular weight is 184 g/mol. The van der Waals surface area contributed by atoms with Crippen molar-refractivity contribution >= 4 is 5.91 Å². The summed E-state index contributed by atoms with van der Waals surface area (Å²) >= 11 is 0. The van der Waals surface area contributed by atoms with Crippen LogP contribution in [0, 0.1) is 5.92 Å². The Morgan fingerprint density at radius 2 is 1.69 bits per heavy atom. The van der Waals surface area contributed by atoms with E-state index in [9.17, 15) is 4.79 Å². The number of hydrogen-bond acceptors (Lipinski definition) is 2. The lowest BCUT2D eigenvalue weighted by Gasteiger charge is -2.18. The molecule has 0 aliphatic heterocycles. The zero-order valence-electron chi connectivity index (χ0n) is 8.22. The zero-order chi connectivity index (χ0) is 9.52. The molecule has 1 rings (SSSR count). The molecular weight excluding hydrogens is 164 g/mol. The minimum absolute atomic E-state index is 0.00873. The van der Waals surface area contributed by atoms with E-state index in [0.717, 1.165) is 0 Å². The van der Waals surface area contributed by atoms with Crippen LogP contribution in [0.15, 0.2) is 0 Å².